The van der Waals surface area contributed by atoms with Gasteiger partial charge in [-0.1, -0.05) is 19.1 Å². The van der Waals surface area contributed by atoms with Gasteiger partial charge in [-0.15, -0.1) is 0 Å². The van der Waals surface area contributed by atoms with Crippen LogP contribution in [0, 0.1) is 0 Å². The number of thiocarbonyl (C=S) groups is 1. The van der Waals surface area contributed by atoms with E-state index in [-0.39, 0.29) is 17.6 Å². The minimum Gasteiger partial charge on any atom is -0.494 e. The topological polar surface area (TPSA) is 83.7 Å². The summed E-state index contributed by atoms with van der Waals surface area (Å²) in [6, 6.07) is 17.8. The van der Waals surface area contributed by atoms with Gasteiger partial charge in [0.1, 0.15) is 23.9 Å². The Balaban J connectivity index is 1.60. The first-order valence-electron chi connectivity index (χ1n) is 9.24. The molecule has 0 unspecified atom stereocenters. The molecular weight excluding hydrogens is 388 g/mol. The molecule has 0 atom stereocenters. The van der Waals surface area contributed by atoms with Crippen molar-refractivity contribution in [2.24, 2.45) is 0 Å². The fraction of sp³-hybridized carbons (Fsp3) is 0.182. The molecular formula is C22H22N2O4S. The molecule has 0 saturated carbocycles. The number of amides is 1. The third kappa shape index (κ3) is 5.66. The summed E-state index contributed by atoms with van der Waals surface area (Å²) in [7, 11) is 0. The van der Waals surface area contributed by atoms with Gasteiger partial charge < -0.3 is 19.6 Å². The standard InChI is InChI=1S/C22H22N2O4S/c1-2-12-27-18-8-6-15(7-9-18)21(26)24-22(29)23-17-5-3-4-16(13-17)20-11-10-19(14-25)28-20/h3-11,13,25H,2,12,14H2,1H3,(H2,23,24,26,29). The summed E-state index contributed by atoms with van der Waals surface area (Å²) in [4.78, 5) is 12.4. The molecule has 1 aromatic heterocycles. The zero-order valence-electron chi connectivity index (χ0n) is 16.0. The van der Waals surface area contributed by atoms with Crippen LogP contribution in [-0.2, 0) is 6.61 Å². The average molecular weight is 410 g/mol. The number of nitrogens with one attached hydrogen (secondary N) is 2. The summed E-state index contributed by atoms with van der Waals surface area (Å²) >= 11 is 5.25. The highest BCUT2D eigenvalue weighted by Crippen LogP contribution is 2.25. The molecule has 29 heavy (non-hydrogen) atoms. The van der Waals surface area contributed by atoms with E-state index >= 15 is 0 Å². The number of anilines is 1. The molecule has 0 bridgehead atoms. The number of benzene rings is 2. The number of aliphatic hydroxyl groups is 1. The van der Waals surface area contributed by atoms with Crippen LogP contribution in [0.2, 0.25) is 0 Å². The zero-order chi connectivity index (χ0) is 20.6. The van der Waals surface area contributed by atoms with E-state index in [0.717, 1.165) is 17.7 Å². The molecule has 0 aliphatic rings. The van der Waals surface area contributed by atoms with Crippen LogP contribution in [0.3, 0.4) is 0 Å². The lowest BCUT2D eigenvalue weighted by molar-refractivity contribution is 0.0977. The smallest absolute Gasteiger partial charge is 0.257 e. The summed E-state index contributed by atoms with van der Waals surface area (Å²) in [5.41, 5.74) is 2.02. The molecule has 0 radical (unpaired) electrons. The molecule has 0 aliphatic carbocycles. The Morgan fingerprint density at radius 1 is 1.14 bits per heavy atom. The molecule has 2 aromatic carbocycles. The van der Waals surface area contributed by atoms with Crippen molar-refractivity contribution in [2.75, 3.05) is 11.9 Å². The number of furan rings is 1. The van der Waals surface area contributed by atoms with Crippen LogP contribution in [0.25, 0.3) is 11.3 Å². The number of hydrogen-bond donors (Lipinski definition) is 3. The van der Waals surface area contributed by atoms with Crippen molar-refractivity contribution in [1.82, 2.24) is 5.32 Å². The molecule has 0 aliphatic heterocycles. The fourth-order valence-electron chi connectivity index (χ4n) is 2.63. The monoisotopic (exact) mass is 410 g/mol. The maximum atomic E-state index is 12.4. The number of aliphatic hydroxyl groups excluding tert-OH is 1. The molecule has 0 spiro atoms. The zero-order valence-corrected chi connectivity index (χ0v) is 16.8. The average Bonchev–Trinajstić information content (AvgIpc) is 3.22. The van der Waals surface area contributed by atoms with Gasteiger partial charge in [-0.25, -0.2) is 0 Å². The van der Waals surface area contributed by atoms with E-state index in [4.69, 9.17) is 26.5 Å². The summed E-state index contributed by atoms with van der Waals surface area (Å²) in [6.45, 7) is 2.52. The number of ether oxygens (including phenoxy) is 1. The highest BCUT2D eigenvalue weighted by atomic mass is 32.1. The van der Waals surface area contributed by atoms with E-state index in [1.165, 1.54) is 0 Å². The molecule has 1 heterocycles. The van der Waals surface area contributed by atoms with Crippen molar-refractivity contribution in [3.8, 4) is 17.1 Å². The Kier molecular flexibility index (Phi) is 6.99. The van der Waals surface area contributed by atoms with Crippen molar-refractivity contribution in [3.05, 3.63) is 72.0 Å². The summed E-state index contributed by atoms with van der Waals surface area (Å²) in [5, 5.41) is 15.0. The molecule has 3 rings (SSSR count). The molecule has 3 N–H and O–H groups in total. The Hall–Kier alpha value is -3.16. The van der Waals surface area contributed by atoms with Gasteiger partial charge in [-0.05, 0) is 67.2 Å². The third-order valence-corrected chi connectivity index (χ3v) is 4.24. The van der Waals surface area contributed by atoms with Crippen molar-refractivity contribution in [2.45, 2.75) is 20.0 Å². The Labute approximate surface area is 174 Å². The van der Waals surface area contributed by atoms with Crippen molar-refractivity contribution in [3.63, 3.8) is 0 Å². The van der Waals surface area contributed by atoms with E-state index in [0.29, 0.717) is 29.4 Å². The van der Waals surface area contributed by atoms with Crippen molar-refractivity contribution >= 4 is 28.9 Å². The number of hydrogen-bond acceptors (Lipinski definition) is 5. The predicted octanol–water partition coefficient (Wildman–Crippen LogP) is 4.35. The quantitative estimate of drug-likeness (QED) is 0.502. The lowest BCUT2D eigenvalue weighted by Gasteiger charge is -2.11. The molecule has 7 heteroatoms. The van der Waals surface area contributed by atoms with Crippen LogP contribution < -0.4 is 15.4 Å². The first-order valence-corrected chi connectivity index (χ1v) is 9.65. The maximum Gasteiger partial charge on any atom is 0.257 e. The Bertz CT molecular complexity index is 982. The van der Waals surface area contributed by atoms with Crippen LogP contribution in [-0.4, -0.2) is 22.7 Å². The molecule has 1 amide bonds. The van der Waals surface area contributed by atoms with E-state index in [2.05, 4.69) is 10.6 Å². The van der Waals surface area contributed by atoms with Gasteiger partial charge in [0, 0.05) is 16.8 Å². The maximum absolute atomic E-state index is 12.4. The van der Waals surface area contributed by atoms with Gasteiger partial charge in [0.25, 0.3) is 5.91 Å². The van der Waals surface area contributed by atoms with Crippen LogP contribution >= 0.6 is 12.2 Å². The van der Waals surface area contributed by atoms with Gasteiger partial charge in [-0.2, -0.15) is 0 Å². The lowest BCUT2D eigenvalue weighted by atomic mass is 10.1. The summed E-state index contributed by atoms with van der Waals surface area (Å²) in [6.07, 6.45) is 0.923. The minimum absolute atomic E-state index is 0.153. The second-order valence-electron chi connectivity index (χ2n) is 6.29. The van der Waals surface area contributed by atoms with Gasteiger partial charge >= 0.3 is 0 Å². The van der Waals surface area contributed by atoms with Gasteiger partial charge in [-0.3, -0.25) is 10.1 Å². The molecule has 0 fully saturated rings. The first-order chi connectivity index (χ1) is 14.1. The lowest BCUT2D eigenvalue weighted by Crippen LogP contribution is -2.34. The molecule has 150 valence electrons. The van der Waals surface area contributed by atoms with Crippen LogP contribution in [0.1, 0.15) is 29.5 Å². The SMILES string of the molecule is CCCOc1ccc(C(=O)NC(=S)Nc2cccc(-c3ccc(CO)o3)c2)cc1. The highest BCUT2D eigenvalue weighted by molar-refractivity contribution is 7.80. The van der Waals surface area contributed by atoms with Gasteiger partial charge in [0.05, 0.1) is 6.61 Å². The fourth-order valence-corrected chi connectivity index (χ4v) is 2.84. The van der Waals surface area contributed by atoms with Crippen molar-refractivity contribution in [1.29, 1.82) is 0 Å². The number of carbonyl (C=O) groups is 1. The van der Waals surface area contributed by atoms with E-state index < -0.39 is 0 Å². The van der Waals surface area contributed by atoms with Crippen LogP contribution in [0.15, 0.2) is 65.1 Å². The summed E-state index contributed by atoms with van der Waals surface area (Å²) < 4.78 is 11.1. The van der Waals surface area contributed by atoms with Gasteiger partial charge in [0.2, 0.25) is 0 Å². The minimum atomic E-state index is -0.306. The van der Waals surface area contributed by atoms with E-state index in [9.17, 15) is 4.79 Å². The highest BCUT2D eigenvalue weighted by Gasteiger charge is 2.10. The second-order valence-corrected chi connectivity index (χ2v) is 6.69. The number of carbonyl (C=O) groups excluding carboxylic acids is 1. The molecule has 6 nitrogen and oxygen atoms in total. The molecule has 0 saturated heterocycles. The Morgan fingerprint density at radius 2 is 1.93 bits per heavy atom. The first kappa shape index (κ1) is 20.6. The Morgan fingerprint density at radius 3 is 2.62 bits per heavy atom. The van der Waals surface area contributed by atoms with Crippen LogP contribution in [0.5, 0.6) is 5.75 Å². The molecule has 3 aromatic rings. The summed E-state index contributed by atoms with van der Waals surface area (Å²) in [5.74, 6) is 1.55. The van der Waals surface area contributed by atoms with Gasteiger partial charge in [0.15, 0.2) is 5.11 Å². The van der Waals surface area contributed by atoms with E-state index in [1.807, 2.05) is 31.2 Å². The van der Waals surface area contributed by atoms with E-state index in [1.54, 1.807) is 36.4 Å². The normalized spacial score (nSPS) is 10.4. The number of rotatable bonds is 7. The predicted molar refractivity (Wildman–Crippen MR) is 116 cm³/mol. The third-order valence-electron chi connectivity index (χ3n) is 4.04. The second kappa shape index (κ2) is 9.86. The largest absolute Gasteiger partial charge is 0.494 e. The van der Waals surface area contributed by atoms with Crippen molar-refractivity contribution < 1.29 is 19.1 Å². The van der Waals surface area contributed by atoms with Crippen LogP contribution in [0.4, 0.5) is 5.69 Å².